The molecule has 1 saturated heterocycles. The fourth-order valence-corrected chi connectivity index (χ4v) is 3.13. The highest BCUT2D eigenvalue weighted by Crippen LogP contribution is 2.32. The van der Waals surface area contributed by atoms with Crippen molar-refractivity contribution in [1.82, 2.24) is 14.8 Å². The molecule has 1 saturated carbocycles. The van der Waals surface area contributed by atoms with Gasteiger partial charge in [0.1, 0.15) is 5.82 Å². The van der Waals surface area contributed by atoms with Gasteiger partial charge in [-0.3, -0.25) is 9.69 Å². The average molecular weight is 302 g/mol. The standard InChI is InChI=1S/C17H26N4O/c1-13-11-20(8-9-21(13)17(22)15-4-5-15)12-14-6-7-18-16(10-14)19(2)3/h6-7,10,13,15H,4-5,8-9,11-12H2,1-3H3/t13-/m0/s1. The van der Waals surface area contributed by atoms with Crippen molar-refractivity contribution in [3.8, 4) is 0 Å². The first-order valence-electron chi connectivity index (χ1n) is 8.19. The molecule has 1 aliphatic carbocycles. The topological polar surface area (TPSA) is 39.7 Å². The third-order valence-corrected chi connectivity index (χ3v) is 4.60. The van der Waals surface area contributed by atoms with E-state index in [4.69, 9.17) is 0 Å². The number of carbonyl (C=O) groups excluding carboxylic acids is 1. The van der Waals surface area contributed by atoms with Crippen LogP contribution in [0.2, 0.25) is 0 Å². The first kappa shape index (κ1) is 15.3. The lowest BCUT2D eigenvalue weighted by Crippen LogP contribution is -2.54. The molecule has 0 aromatic carbocycles. The summed E-state index contributed by atoms with van der Waals surface area (Å²) in [5.74, 6) is 1.70. The lowest BCUT2D eigenvalue weighted by Gasteiger charge is -2.40. The highest BCUT2D eigenvalue weighted by Gasteiger charge is 2.37. The molecule has 1 aliphatic heterocycles. The normalized spacial score (nSPS) is 22.7. The van der Waals surface area contributed by atoms with Gasteiger partial charge >= 0.3 is 0 Å². The minimum atomic E-state index is 0.317. The quantitative estimate of drug-likeness (QED) is 0.847. The van der Waals surface area contributed by atoms with Crippen molar-refractivity contribution >= 4 is 11.7 Å². The smallest absolute Gasteiger partial charge is 0.226 e. The largest absolute Gasteiger partial charge is 0.363 e. The van der Waals surface area contributed by atoms with Crippen LogP contribution in [0, 0.1) is 5.92 Å². The number of hydrogen-bond acceptors (Lipinski definition) is 4. The van der Waals surface area contributed by atoms with Crippen LogP contribution in [0.15, 0.2) is 18.3 Å². The number of amides is 1. The van der Waals surface area contributed by atoms with E-state index in [0.29, 0.717) is 17.9 Å². The fraction of sp³-hybridized carbons (Fsp3) is 0.647. The number of piperazine rings is 1. The van der Waals surface area contributed by atoms with Crippen molar-refractivity contribution < 1.29 is 4.79 Å². The zero-order valence-corrected chi connectivity index (χ0v) is 13.8. The van der Waals surface area contributed by atoms with Crippen LogP contribution in [0.5, 0.6) is 0 Å². The third-order valence-electron chi connectivity index (χ3n) is 4.60. The molecular weight excluding hydrogens is 276 g/mol. The van der Waals surface area contributed by atoms with Gasteiger partial charge in [-0.15, -0.1) is 0 Å². The maximum absolute atomic E-state index is 12.2. The number of carbonyl (C=O) groups is 1. The molecule has 1 atom stereocenters. The van der Waals surface area contributed by atoms with E-state index < -0.39 is 0 Å². The van der Waals surface area contributed by atoms with E-state index in [0.717, 1.165) is 44.8 Å². The summed E-state index contributed by atoms with van der Waals surface area (Å²) in [7, 11) is 4.02. The van der Waals surface area contributed by atoms with Gasteiger partial charge in [-0.25, -0.2) is 4.98 Å². The fourth-order valence-electron chi connectivity index (χ4n) is 3.13. The molecule has 0 unspecified atom stereocenters. The van der Waals surface area contributed by atoms with Gasteiger partial charge in [0.25, 0.3) is 0 Å². The molecule has 1 aromatic heterocycles. The van der Waals surface area contributed by atoms with Gasteiger partial charge < -0.3 is 9.80 Å². The summed E-state index contributed by atoms with van der Waals surface area (Å²) in [5, 5.41) is 0. The first-order valence-corrected chi connectivity index (χ1v) is 8.19. The Balaban J connectivity index is 1.58. The van der Waals surface area contributed by atoms with Gasteiger partial charge in [-0.2, -0.15) is 0 Å². The van der Waals surface area contributed by atoms with Crippen LogP contribution in [-0.4, -0.2) is 60.5 Å². The Labute approximate surface area is 132 Å². The molecule has 5 heteroatoms. The Hall–Kier alpha value is -1.62. The number of rotatable bonds is 4. The monoisotopic (exact) mass is 302 g/mol. The van der Waals surface area contributed by atoms with Gasteiger partial charge in [0.05, 0.1) is 0 Å². The van der Waals surface area contributed by atoms with Crippen LogP contribution < -0.4 is 4.90 Å². The number of hydrogen-bond donors (Lipinski definition) is 0. The molecule has 1 amide bonds. The molecule has 0 spiro atoms. The van der Waals surface area contributed by atoms with E-state index in [1.165, 1.54) is 5.56 Å². The van der Waals surface area contributed by atoms with E-state index in [9.17, 15) is 4.79 Å². The summed E-state index contributed by atoms with van der Waals surface area (Å²) < 4.78 is 0. The SMILES string of the molecule is C[C@H]1CN(Cc2ccnc(N(C)C)c2)CCN1C(=O)C1CC1. The molecule has 5 nitrogen and oxygen atoms in total. The lowest BCUT2D eigenvalue weighted by molar-refractivity contribution is -0.137. The summed E-state index contributed by atoms with van der Waals surface area (Å²) >= 11 is 0. The Morgan fingerprint density at radius 3 is 2.77 bits per heavy atom. The van der Waals surface area contributed by atoms with Gasteiger partial charge in [0.15, 0.2) is 0 Å². The van der Waals surface area contributed by atoms with Gasteiger partial charge in [0.2, 0.25) is 5.91 Å². The predicted molar refractivity (Wildman–Crippen MR) is 87.7 cm³/mol. The molecule has 0 radical (unpaired) electrons. The molecule has 2 fully saturated rings. The molecule has 0 N–H and O–H groups in total. The first-order chi connectivity index (χ1) is 10.5. The molecule has 120 valence electrons. The van der Waals surface area contributed by atoms with Gasteiger partial charge in [-0.1, -0.05) is 0 Å². The molecule has 0 bridgehead atoms. The maximum Gasteiger partial charge on any atom is 0.226 e. The van der Waals surface area contributed by atoms with Crippen molar-refractivity contribution in [3.05, 3.63) is 23.9 Å². The summed E-state index contributed by atoms with van der Waals surface area (Å²) in [4.78, 5) is 23.2. The minimum absolute atomic E-state index is 0.317. The Kier molecular flexibility index (Phi) is 4.34. The average Bonchev–Trinajstić information content (AvgIpc) is 3.31. The van der Waals surface area contributed by atoms with Crippen LogP contribution in [0.1, 0.15) is 25.3 Å². The molecule has 2 heterocycles. The lowest BCUT2D eigenvalue weighted by atomic mass is 10.1. The van der Waals surface area contributed by atoms with Crippen LogP contribution in [0.3, 0.4) is 0 Å². The third kappa shape index (κ3) is 3.40. The van der Waals surface area contributed by atoms with Crippen molar-refractivity contribution in [1.29, 1.82) is 0 Å². The van der Waals surface area contributed by atoms with Gasteiger partial charge in [-0.05, 0) is 37.5 Å². The highest BCUT2D eigenvalue weighted by molar-refractivity contribution is 5.81. The number of anilines is 1. The van der Waals surface area contributed by atoms with Gasteiger partial charge in [0, 0.05) is 58.4 Å². The zero-order valence-electron chi connectivity index (χ0n) is 13.8. The molecule has 2 aliphatic rings. The van der Waals surface area contributed by atoms with E-state index >= 15 is 0 Å². The second kappa shape index (κ2) is 6.24. The van der Waals surface area contributed by atoms with Crippen LogP contribution >= 0.6 is 0 Å². The Bertz CT molecular complexity index is 541. The second-order valence-corrected chi connectivity index (χ2v) is 6.81. The number of nitrogens with zero attached hydrogens (tertiary/aromatic N) is 4. The number of pyridine rings is 1. The summed E-state index contributed by atoms with van der Waals surface area (Å²) in [6.07, 6.45) is 4.06. The molecular formula is C17H26N4O. The number of aromatic nitrogens is 1. The van der Waals surface area contributed by atoms with Crippen LogP contribution in [0.25, 0.3) is 0 Å². The van der Waals surface area contributed by atoms with Crippen molar-refractivity contribution in [3.63, 3.8) is 0 Å². The Morgan fingerprint density at radius 1 is 1.36 bits per heavy atom. The highest BCUT2D eigenvalue weighted by atomic mass is 16.2. The zero-order chi connectivity index (χ0) is 15.7. The van der Waals surface area contributed by atoms with Crippen molar-refractivity contribution in [2.75, 3.05) is 38.6 Å². The van der Waals surface area contributed by atoms with Crippen molar-refractivity contribution in [2.45, 2.75) is 32.4 Å². The Morgan fingerprint density at radius 2 is 2.14 bits per heavy atom. The van der Waals surface area contributed by atoms with E-state index in [-0.39, 0.29) is 0 Å². The van der Waals surface area contributed by atoms with E-state index in [1.807, 2.05) is 25.2 Å². The minimum Gasteiger partial charge on any atom is -0.363 e. The van der Waals surface area contributed by atoms with Crippen molar-refractivity contribution in [2.24, 2.45) is 5.92 Å². The van der Waals surface area contributed by atoms with E-state index in [1.54, 1.807) is 0 Å². The molecule has 3 rings (SSSR count). The maximum atomic E-state index is 12.2. The van der Waals surface area contributed by atoms with E-state index in [2.05, 4.69) is 33.8 Å². The molecule has 22 heavy (non-hydrogen) atoms. The van der Waals surface area contributed by atoms with Crippen LogP contribution in [0.4, 0.5) is 5.82 Å². The summed E-state index contributed by atoms with van der Waals surface area (Å²) in [6, 6.07) is 4.54. The van der Waals surface area contributed by atoms with Crippen LogP contribution in [-0.2, 0) is 11.3 Å². The summed E-state index contributed by atoms with van der Waals surface area (Å²) in [6.45, 7) is 5.88. The predicted octanol–water partition coefficient (Wildman–Crippen LogP) is 1.59. The second-order valence-electron chi connectivity index (χ2n) is 6.81. The summed E-state index contributed by atoms with van der Waals surface area (Å²) in [5.41, 5.74) is 1.29. The molecule has 1 aromatic rings.